The van der Waals surface area contributed by atoms with E-state index in [1.54, 1.807) is 48.5 Å². The number of anilines is 2. The fraction of sp³-hybridized carbons (Fsp3) is 0.0800. The van der Waals surface area contributed by atoms with Gasteiger partial charge in [-0.15, -0.1) is 11.3 Å². The lowest BCUT2D eigenvalue weighted by molar-refractivity contribution is -0.115. The van der Waals surface area contributed by atoms with Gasteiger partial charge in [0.05, 0.1) is 17.1 Å². The standard InChI is InChI=1S/C25H22N4O4S2/c1-35(32,33)21-11-7-16(8-12-21)18-3-2-4-19(13-18)22-15-34-25(28-22)29-23(30)14-27-24(31)17-5-9-20(26)10-6-17/h2-13,15H,14,26H2,1H3,(H,27,31)(H,28,29,30). The molecule has 10 heteroatoms. The Morgan fingerprint density at radius 2 is 1.63 bits per heavy atom. The molecule has 0 aliphatic heterocycles. The van der Waals surface area contributed by atoms with E-state index in [2.05, 4.69) is 15.6 Å². The number of aromatic nitrogens is 1. The molecule has 0 aliphatic carbocycles. The van der Waals surface area contributed by atoms with E-state index in [0.717, 1.165) is 16.7 Å². The number of rotatable bonds is 7. The maximum absolute atomic E-state index is 12.3. The highest BCUT2D eigenvalue weighted by Crippen LogP contribution is 2.29. The minimum absolute atomic E-state index is 0.197. The summed E-state index contributed by atoms with van der Waals surface area (Å²) < 4.78 is 23.4. The molecule has 1 aromatic heterocycles. The maximum Gasteiger partial charge on any atom is 0.251 e. The fourth-order valence-corrected chi connectivity index (χ4v) is 4.64. The quantitative estimate of drug-likeness (QED) is 0.327. The number of nitrogens with one attached hydrogen (secondary N) is 2. The van der Waals surface area contributed by atoms with Gasteiger partial charge in [-0.3, -0.25) is 9.59 Å². The molecule has 0 atom stereocenters. The van der Waals surface area contributed by atoms with Crippen molar-refractivity contribution in [1.82, 2.24) is 10.3 Å². The molecule has 4 rings (SSSR count). The molecule has 4 aromatic rings. The smallest absolute Gasteiger partial charge is 0.251 e. The van der Waals surface area contributed by atoms with Crippen LogP contribution in [-0.4, -0.2) is 38.0 Å². The Morgan fingerprint density at radius 3 is 2.31 bits per heavy atom. The van der Waals surface area contributed by atoms with E-state index < -0.39 is 15.7 Å². The van der Waals surface area contributed by atoms with E-state index in [4.69, 9.17) is 5.73 Å². The van der Waals surface area contributed by atoms with Gasteiger partial charge in [0.1, 0.15) is 0 Å². The van der Waals surface area contributed by atoms with Crippen molar-refractivity contribution in [3.63, 3.8) is 0 Å². The van der Waals surface area contributed by atoms with E-state index in [-0.39, 0.29) is 17.3 Å². The molecular formula is C25H22N4O4S2. The zero-order valence-electron chi connectivity index (χ0n) is 18.7. The van der Waals surface area contributed by atoms with Crippen molar-refractivity contribution < 1.29 is 18.0 Å². The van der Waals surface area contributed by atoms with Gasteiger partial charge in [-0.2, -0.15) is 0 Å². The number of sulfone groups is 1. The number of hydrogen-bond acceptors (Lipinski definition) is 7. The van der Waals surface area contributed by atoms with Crippen LogP contribution >= 0.6 is 11.3 Å². The Bertz CT molecular complexity index is 1480. The maximum atomic E-state index is 12.3. The van der Waals surface area contributed by atoms with Crippen molar-refractivity contribution in [2.45, 2.75) is 4.90 Å². The molecular weight excluding hydrogens is 484 g/mol. The molecule has 0 radical (unpaired) electrons. The van der Waals surface area contributed by atoms with Crippen LogP contribution in [0.2, 0.25) is 0 Å². The number of benzene rings is 3. The summed E-state index contributed by atoms with van der Waals surface area (Å²) >= 11 is 1.27. The first-order chi connectivity index (χ1) is 16.7. The van der Waals surface area contributed by atoms with Crippen molar-refractivity contribution in [1.29, 1.82) is 0 Å². The number of nitrogen functional groups attached to an aromatic ring is 1. The monoisotopic (exact) mass is 506 g/mol. The van der Waals surface area contributed by atoms with E-state index in [1.165, 1.54) is 17.6 Å². The number of nitrogens with zero attached hydrogens (tertiary/aromatic N) is 1. The molecule has 1 heterocycles. The van der Waals surface area contributed by atoms with Crippen LogP contribution in [0.15, 0.2) is 83.1 Å². The lowest BCUT2D eigenvalue weighted by atomic mass is 10.0. The summed E-state index contributed by atoms with van der Waals surface area (Å²) in [6.07, 6.45) is 1.18. The highest BCUT2D eigenvalue weighted by atomic mass is 32.2. The second kappa shape index (κ2) is 10.1. The lowest BCUT2D eigenvalue weighted by Gasteiger charge is -2.06. The summed E-state index contributed by atoms with van der Waals surface area (Å²) in [4.78, 5) is 29.1. The Kier molecular flexibility index (Phi) is 6.94. The van der Waals surface area contributed by atoms with Crippen LogP contribution in [0.1, 0.15) is 10.4 Å². The minimum atomic E-state index is -3.26. The summed E-state index contributed by atoms with van der Waals surface area (Å²) in [5.41, 5.74) is 9.90. The SMILES string of the molecule is CS(=O)(=O)c1ccc(-c2cccc(-c3csc(NC(=O)CNC(=O)c4ccc(N)cc4)n3)c2)cc1. The first-order valence-electron chi connectivity index (χ1n) is 10.5. The van der Waals surface area contributed by atoms with E-state index in [9.17, 15) is 18.0 Å². The fourth-order valence-electron chi connectivity index (χ4n) is 3.28. The van der Waals surface area contributed by atoms with E-state index >= 15 is 0 Å². The molecule has 35 heavy (non-hydrogen) atoms. The van der Waals surface area contributed by atoms with Crippen LogP contribution in [-0.2, 0) is 14.6 Å². The van der Waals surface area contributed by atoms with Crippen LogP contribution in [0.3, 0.4) is 0 Å². The number of carbonyl (C=O) groups excluding carboxylic acids is 2. The Morgan fingerprint density at radius 1 is 0.943 bits per heavy atom. The Balaban J connectivity index is 1.40. The molecule has 0 fully saturated rings. The largest absolute Gasteiger partial charge is 0.399 e. The van der Waals surface area contributed by atoms with Gasteiger partial charge < -0.3 is 16.4 Å². The summed E-state index contributed by atoms with van der Waals surface area (Å²) in [7, 11) is -3.26. The summed E-state index contributed by atoms with van der Waals surface area (Å²) in [5.74, 6) is -0.768. The second-order valence-electron chi connectivity index (χ2n) is 7.77. The molecule has 0 aliphatic rings. The van der Waals surface area contributed by atoms with E-state index in [0.29, 0.717) is 22.1 Å². The van der Waals surface area contributed by atoms with Crippen LogP contribution in [0, 0.1) is 0 Å². The summed E-state index contributed by atoms with van der Waals surface area (Å²) in [5, 5.41) is 7.49. The third-order valence-corrected chi connectivity index (χ3v) is 6.99. The average Bonchev–Trinajstić information content (AvgIpc) is 3.31. The van der Waals surface area contributed by atoms with Crippen LogP contribution in [0.25, 0.3) is 22.4 Å². The third-order valence-electron chi connectivity index (χ3n) is 5.11. The molecule has 2 amide bonds. The summed E-state index contributed by atoms with van der Waals surface area (Å²) in [6, 6.07) is 20.8. The van der Waals surface area contributed by atoms with E-state index in [1.807, 2.05) is 29.6 Å². The van der Waals surface area contributed by atoms with Gasteiger partial charge in [0, 0.05) is 28.5 Å². The van der Waals surface area contributed by atoms with Gasteiger partial charge in [0.2, 0.25) is 5.91 Å². The molecule has 178 valence electrons. The Hall–Kier alpha value is -4.02. The molecule has 4 N–H and O–H groups in total. The number of nitrogens with two attached hydrogens (primary N) is 1. The number of amides is 2. The molecule has 3 aromatic carbocycles. The Labute approximate surface area is 206 Å². The zero-order valence-corrected chi connectivity index (χ0v) is 20.3. The summed E-state index contributed by atoms with van der Waals surface area (Å²) in [6.45, 7) is -0.197. The molecule has 0 unspecified atom stereocenters. The van der Waals surface area contributed by atoms with Crippen molar-refractivity contribution in [3.8, 4) is 22.4 Å². The lowest BCUT2D eigenvalue weighted by Crippen LogP contribution is -2.32. The highest BCUT2D eigenvalue weighted by molar-refractivity contribution is 7.90. The van der Waals surface area contributed by atoms with Crippen molar-refractivity contribution in [2.75, 3.05) is 23.9 Å². The van der Waals surface area contributed by atoms with Crippen LogP contribution in [0.4, 0.5) is 10.8 Å². The van der Waals surface area contributed by atoms with Crippen LogP contribution < -0.4 is 16.4 Å². The topological polar surface area (TPSA) is 131 Å². The van der Waals surface area contributed by atoms with Gasteiger partial charge in [0.25, 0.3) is 5.91 Å². The zero-order chi connectivity index (χ0) is 25.0. The first-order valence-corrected chi connectivity index (χ1v) is 13.3. The predicted molar refractivity (Wildman–Crippen MR) is 138 cm³/mol. The number of thiazole rings is 1. The number of carbonyl (C=O) groups is 2. The average molecular weight is 507 g/mol. The molecule has 0 saturated carbocycles. The van der Waals surface area contributed by atoms with Crippen LogP contribution in [0.5, 0.6) is 0 Å². The van der Waals surface area contributed by atoms with Gasteiger partial charge in [0.15, 0.2) is 15.0 Å². The molecule has 0 bridgehead atoms. The third kappa shape index (κ3) is 6.11. The number of hydrogen-bond donors (Lipinski definition) is 3. The normalized spacial score (nSPS) is 11.1. The van der Waals surface area contributed by atoms with Gasteiger partial charge in [-0.1, -0.05) is 30.3 Å². The molecule has 0 spiro atoms. The molecule has 0 saturated heterocycles. The minimum Gasteiger partial charge on any atom is -0.399 e. The highest BCUT2D eigenvalue weighted by Gasteiger charge is 2.12. The first kappa shape index (κ1) is 24.1. The van der Waals surface area contributed by atoms with Crippen molar-refractivity contribution in [2.24, 2.45) is 0 Å². The van der Waals surface area contributed by atoms with Crippen molar-refractivity contribution >= 4 is 43.8 Å². The predicted octanol–water partition coefficient (Wildman–Crippen LogP) is 3.83. The van der Waals surface area contributed by atoms with Gasteiger partial charge >= 0.3 is 0 Å². The second-order valence-corrected chi connectivity index (χ2v) is 10.6. The van der Waals surface area contributed by atoms with Gasteiger partial charge in [-0.05, 0) is 53.6 Å². The molecule has 8 nitrogen and oxygen atoms in total. The van der Waals surface area contributed by atoms with Gasteiger partial charge in [-0.25, -0.2) is 13.4 Å². The van der Waals surface area contributed by atoms with Crippen molar-refractivity contribution in [3.05, 3.63) is 83.7 Å².